The van der Waals surface area contributed by atoms with Crippen molar-refractivity contribution in [3.63, 3.8) is 0 Å². The topological polar surface area (TPSA) is 87.9 Å². The number of hydrogen-bond acceptors (Lipinski definition) is 9. The van der Waals surface area contributed by atoms with Gasteiger partial charge in [-0.3, -0.25) is 9.58 Å². The van der Waals surface area contributed by atoms with Gasteiger partial charge >= 0.3 is 0 Å². The first-order valence-corrected chi connectivity index (χ1v) is 13.9. The number of pyridine rings is 1. The molecule has 0 radical (unpaired) electrons. The molecule has 4 fully saturated rings. The molecule has 1 N–H and O–H groups in total. The lowest BCUT2D eigenvalue weighted by molar-refractivity contribution is 0.228. The first-order valence-electron chi connectivity index (χ1n) is 13.1. The highest BCUT2D eigenvalue weighted by atomic mass is 32.1. The van der Waals surface area contributed by atoms with Gasteiger partial charge in [0.2, 0.25) is 5.95 Å². The van der Waals surface area contributed by atoms with E-state index in [-0.39, 0.29) is 0 Å². The van der Waals surface area contributed by atoms with E-state index < -0.39 is 0 Å². The van der Waals surface area contributed by atoms with Crippen LogP contribution in [0.4, 0.5) is 17.6 Å². The second-order valence-electron chi connectivity index (χ2n) is 10.9. The summed E-state index contributed by atoms with van der Waals surface area (Å²) in [6, 6.07) is 5.74. The largest absolute Gasteiger partial charge is 0.335 e. The number of thiazole rings is 1. The fraction of sp³-hybridized carbons (Fsp3) is 0.500. The highest BCUT2D eigenvalue weighted by molar-refractivity contribution is 7.21. The molecule has 10 heteroatoms. The Bertz CT molecular complexity index is 1450. The van der Waals surface area contributed by atoms with Crippen LogP contribution in [-0.2, 0) is 0 Å². The van der Waals surface area contributed by atoms with E-state index in [1.165, 1.54) is 38.6 Å². The third-order valence-corrected chi connectivity index (χ3v) is 9.00. The Labute approximate surface area is 213 Å². The van der Waals surface area contributed by atoms with Crippen molar-refractivity contribution >= 4 is 39.1 Å². The van der Waals surface area contributed by atoms with E-state index in [4.69, 9.17) is 15.0 Å². The Hall–Kier alpha value is -3.11. The highest BCUT2D eigenvalue weighted by Crippen LogP contribution is 2.39. The van der Waals surface area contributed by atoms with Crippen LogP contribution in [0.25, 0.3) is 20.8 Å². The van der Waals surface area contributed by atoms with Gasteiger partial charge in [-0.2, -0.15) is 10.1 Å². The van der Waals surface area contributed by atoms with Crippen LogP contribution in [-0.4, -0.2) is 66.3 Å². The van der Waals surface area contributed by atoms with Crippen molar-refractivity contribution in [3.05, 3.63) is 36.4 Å². The van der Waals surface area contributed by atoms with Crippen molar-refractivity contribution < 1.29 is 0 Å². The molecule has 0 spiro atoms. The molecule has 2 atom stereocenters. The molecule has 4 aliphatic rings. The fourth-order valence-electron chi connectivity index (χ4n) is 5.74. The van der Waals surface area contributed by atoms with E-state index in [0.29, 0.717) is 18.1 Å². The Morgan fingerprint density at radius 2 is 1.89 bits per heavy atom. The minimum Gasteiger partial charge on any atom is -0.335 e. The average molecular weight is 500 g/mol. The second-order valence-corrected chi connectivity index (χ2v) is 11.9. The number of hydrogen-bond donors (Lipinski definition) is 1. The van der Waals surface area contributed by atoms with Crippen LogP contribution < -0.4 is 10.2 Å². The highest BCUT2D eigenvalue weighted by Gasteiger charge is 2.45. The van der Waals surface area contributed by atoms with Crippen molar-refractivity contribution in [3.8, 4) is 10.6 Å². The van der Waals surface area contributed by atoms with Gasteiger partial charge in [-0.05, 0) is 44.9 Å². The van der Waals surface area contributed by atoms with Gasteiger partial charge in [0.15, 0.2) is 0 Å². The Kier molecular flexibility index (Phi) is 4.64. The van der Waals surface area contributed by atoms with Gasteiger partial charge in [-0.1, -0.05) is 0 Å². The van der Waals surface area contributed by atoms with E-state index in [1.54, 1.807) is 11.3 Å². The van der Waals surface area contributed by atoms with Crippen LogP contribution in [0.1, 0.15) is 43.8 Å². The molecule has 8 rings (SSSR count). The van der Waals surface area contributed by atoms with E-state index in [0.717, 1.165) is 63.1 Å². The molecule has 4 aromatic rings. The maximum Gasteiger partial charge on any atom is 0.227 e. The zero-order valence-corrected chi connectivity index (χ0v) is 21.2. The van der Waals surface area contributed by atoms with E-state index in [9.17, 15) is 0 Å². The molecule has 36 heavy (non-hydrogen) atoms. The van der Waals surface area contributed by atoms with Crippen LogP contribution in [0.15, 0.2) is 30.7 Å². The van der Waals surface area contributed by atoms with Crippen molar-refractivity contribution in [1.82, 2.24) is 34.6 Å². The molecule has 184 valence electrons. The van der Waals surface area contributed by atoms with Crippen molar-refractivity contribution in [1.29, 1.82) is 0 Å². The number of likely N-dealkylation sites (tertiary alicyclic amines) is 1. The van der Waals surface area contributed by atoms with Crippen LogP contribution in [0.2, 0.25) is 0 Å². The van der Waals surface area contributed by atoms with Gasteiger partial charge in [-0.15, -0.1) is 11.3 Å². The van der Waals surface area contributed by atoms with Gasteiger partial charge < -0.3 is 10.2 Å². The number of piperazine rings is 1. The van der Waals surface area contributed by atoms with Gasteiger partial charge in [0.05, 0.1) is 22.5 Å². The van der Waals surface area contributed by atoms with Crippen molar-refractivity contribution in [2.45, 2.75) is 57.2 Å². The lowest BCUT2D eigenvalue weighted by atomic mass is 10.2. The molecule has 4 aromatic heterocycles. The lowest BCUT2D eigenvalue weighted by Gasteiger charge is -2.34. The monoisotopic (exact) mass is 499 g/mol. The van der Waals surface area contributed by atoms with E-state index >= 15 is 0 Å². The molecule has 0 aromatic carbocycles. The maximum absolute atomic E-state index is 4.90. The van der Waals surface area contributed by atoms with Crippen LogP contribution in [0, 0.1) is 12.8 Å². The number of nitrogens with zero attached hydrogens (tertiary/aromatic N) is 8. The molecular formula is C26H29N9S. The third kappa shape index (κ3) is 3.83. The minimum absolute atomic E-state index is 0.524. The summed E-state index contributed by atoms with van der Waals surface area (Å²) in [5.41, 5.74) is 2.97. The number of aromatic nitrogens is 6. The van der Waals surface area contributed by atoms with Crippen LogP contribution in [0.3, 0.4) is 0 Å². The summed E-state index contributed by atoms with van der Waals surface area (Å²) < 4.78 is 3.14. The minimum atomic E-state index is 0.524. The number of anilines is 3. The number of rotatable bonds is 7. The molecule has 0 unspecified atom stereocenters. The molecule has 6 heterocycles. The standard InChI is InChI=1S/C26H29N9S/c1-15-6-24(32-26(29-15)34-14-19-7-20(34)13-33(19)11-16-2-3-16)31-23-8-21-22(10-27-23)36-25(30-21)17-9-28-35(12-17)18-4-5-18/h6,8-10,12,16,18-20H,2-5,7,11,13-14H2,1H3,(H,27,29,31,32)/t19-,20-/m0/s1. The summed E-state index contributed by atoms with van der Waals surface area (Å²) in [5.74, 6) is 3.31. The van der Waals surface area contributed by atoms with Gasteiger partial charge in [0, 0.05) is 67.5 Å². The molecule has 2 aliphatic carbocycles. The summed E-state index contributed by atoms with van der Waals surface area (Å²) in [6.45, 7) is 5.50. The lowest BCUT2D eigenvalue weighted by Crippen LogP contribution is -2.47. The summed E-state index contributed by atoms with van der Waals surface area (Å²) in [4.78, 5) is 24.3. The molecule has 9 nitrogen and oxygen atoms in total. The molecule has 0 amide bonds. The predicted molar refractivity (Wildman–Crippen MR) is 141 cm³/mol. The molecule has 2 saturated carbocycles. The zero-order valence-electron chi connectivity index (χ0n) is 20.3. The first-order chi connectivity index (χ1) is 17.6. The molecule has 2 bridgehead atoms. The Morgan fingerprint density at radius 3 is 2.69 bits per heavy atom. The number of aryl methyl sites for hydroxylation is 1. The van der Waals surface area contributed by atoms with E-state index in [2.05, 4.69) is 36.1 Å². The van der Waals surface area contributed by atoms with Gasteiger partial charge in [0.25, 0.3) is 0 Å². The smallest absolute Gasteiger partial charge is 0.227 e. The normalized spacial score (nSPS) is 23.8. The molecular weight excluding hydrogens is 470 g/mol. The maximum atomic E-state index is 4.90. The quantitative estimate of drug-likeness (QED) is 0.400. The third-order valence-electron chi connectivity index (χ3n) is 7.94. The van der Waals surface area contributed by atoms with Crippen LogP contribution in [0.5, 0.6) is 0 Å². The number of nitrogens with one attached hydrogen (secondary N) is 1. The number of fused-ring (bicyclic) bond motifs is 3. The fourth-order valence-corrected chi connectivity index (χ4v) is 6.63. The summed E-state index contributed by atoms with van der Waals surface area (Å²) in [7, 11) is 0. The predicted octanol–water partition coefficient (Wildman–Crippen LogP) is 4.40. The summed E-state index contributed by atoms with van der Waals surface area (Å²) >= 11 is 1.66. The first kappa shape index (κ1) is 21.0. The SMILES string of the molecule is Cc1cc(Nc2cc3nc(-c4cnn(C5CC5)c4)sc3cn2)nc(N2C[C@@H]3C[C@H]2CN3CC2CC2)n1. The van der Waals surface area contributed by atoms with Gasteiger partial charge in [0.1, 0.15) is 16.6 Å². The zero-order chi connectivity index (χ0) is 23.8. The van der Waals surface area contributed by atoms with Crippen molar-refractivity contribution in [2.24, 2.45) is 5.92 Å². The Morgan fingerprint density at radius 1 is 0.972 bits per heavy atom. The average Bonchev–Trinajstić information content (AvgIpc) is 3.67. The second kappa shape index (κ2) is 7.94. The van der Waals surface area contributed by atoms with Crippen LogP contribution >= 0.6 is 11.3 Å². The molecule has 2 saturated heterocycles. The molecule has 2 aliphatic heterocycles. The van der Waals surface area contributed by atoms with E-state index in [1.807, 2.05) is 31.5 Å². The van der Waals surface area contributed by atoms with Crippen molar-refractivity contribution in [2.75, 3.05) is 29.9 Å². The summed E-state index contributed by atoms with van der Waals surface area (Å²) in [5, 5.41) is 8.91. The summed E-state index contributed by atoms with van der Waals surface area (Å²) in [6.07, 6.45) is 12.4. The van der Waals surface area contributed by atoms with Gasteiger partial charge in [-0.25, -0.2) is 15.0 Å². The Balaban J connectivity index is 1.01.